The first-order valence-corrected chi connectivity index (χ1v) is 10.8. The lowest BCUT2D eigenvalue weighted by Gasteiger charge is -2.19. The van der Waals surface area contributed by atoms with E-state index in [1.165, 1.54) is 31.5 Å². The second-order valence-corrected chi connectivity index (χ2v) is 8.77. The van der Waals surface area contributed by atoms with E-state index in [-0.39, 0.29) is 23.6 Å². The maximum Gasteiger partial charge on any atom is 0.257 e. The summed E-state index contributed by atoms with van der Waals surface area (Å²) in [6.07, 6.45) is 2.97. The molecule has 0 saturated carbocycles. The number of hydrogen-bond acceptors (Lipinski definition) is 5. The molecule has 1 atom stereocenters. The molecular formula is C22H21FN2O4S. The molecule has 3 rings (SSSR count). The van der Waals surface area contributed by atoms with E-state index in [0.717, 1.165) is 6.07 Å². The summed E-state index contributed by atoms with van der Waals surface area (Å²) >= 11 is 0. The highest BCUT2D eigenvalue weighted by molar-refractivity contribution is 7.91. The Morgan fingerprint density at radius 1 is 1.13 bits per heavy atom. The molecule has 0 aliphatic carbocycles. The summed E-state index contributed by atoms with van der Waals surface area (Å²) in [7, 11) is -3.92. The van der Waals surface area contributed by atoms with Crippen LogP contribution in [0.1, 0.15) is 16.4 Å². The van der Waals surface area contributed by atoms with Gasteiger partial charge < -0.3 is 10.1 Å². The van der Waals surface area contributed by atoms with Gasteiger partial charge in [0.15, 0.2) is 16.4 Å². The van der Waals surface area contributed by atoms with Crippen molar-refractivity contribution < 1.29 is 22.3 Å². The summed E-state index contributed by atoms with van der Waals surface area (Å²) in [5, 5.41) is 1.52. The fourth-order valence-electron chi connectivity index (χ4n) is 2.85. The molecule has 30 heavy (non-hydrogen) atoms. The minimum atomic E-state index is -3.92. The number of halogens is 1. The fraction of sp³-hybridized carbons (Fsp3) is 0.182. The summed E-state index contributed by atoms with van der Waals surface area (Å²) in [6.45, 7) is 1.07. The van der Waals surface area contributed by atoms with E-state index in [4.69, 9.17) is 4.74 Å². The molecule has 6 nitrogen and oxygen atoms in total. The number of nitrogens with zero attached hydrogens (tertiary/aromatic N) is 1. The fourth-order valence-corrected chi connectivity index (χ4v) is 4.58. The van der Waals surface area contributed by atoms with Gasteiger partial charge in [0.1, 0.15) is 16.8 Å². The normalized spacial score (nSPS) is 12.2. The SMILES string of the molecule is Cc1cc(S(=O)(=O)C(CNC(=O)COc2ccccc2)c2cccnc2)ccc1F. The van der Waals surface area contributed by atoms with Crippen LogP contribution >= 0.6 is 0 Å². The Morgan fingerprint density at radius 3 is 2.57 bits per heavy atom. The third-order valence-corrected chi connectivity index (χ3v) is 6.59. The van der Waals surface area contributed by atoms with Crippen molar-refractivity contribution in [2.45, 2.75) is 17.1 Å². The second kappa shape index (κ2) is 9.49. The van der Waals surface area contributed by atoms with Crippen LogP contribution in [0.15, 0.2) is 78.0 Å². The first-order valence-electron chi connectivity index (χ1n) is 9.22. The van der Waals surface area contributed by atoms with Gasteiger partial charge in [-0.1, -0.05) is 24.3 Å². The van der Waals surface area contributed by atoms with E-state index in [1.54, 1.807) is 36.4 Å². The molecule has 0 fully saturated rings. The molecule has 1 aromatic heterocycles. The van der Waals surface area contributed by atoms with Crippen LogP contribution in [0.3, 0.4) is 0 Å². The topological polar surface area (TPSA) is 85.4 Å². The molecule has 1 unspecified atom stereocenters. The average molecular weight is 428 g/mol. The first kappa shape index (κ1) is 21.4. The van der Waals surface area contributed by atoms with Crippen LogP contribution < -0.4 is 10.1 Å². The summed E-state index contributed by atoms with van der Waals surface area (Å²) in [5.41, 5.74) is 0.644. The van der Waals surface area contributed by atoms with Gasteiger partial charge in [-0.15, -0.1) is 0 Å². The Labute approximate surface area is 174 Å². The van der Waals surface area contributed by atoms with Gasteiger partial charge in [0.2, 0.25) is 0 Å². The summed E-state index contributed by atoms with van der Waals surface area (Å²) in [4.78, 5) is 16.2. The van der Waals surface area contributed by atoms with Crippen molar-refractivity contribution in [2.24, 2.45) is 0 Å². The highest BCUT2D eigenvalue weighted by Crippen LogP contribution is 2.29. The quantitative estimate of drug-likeness (QED) is 0.557. The smallest absolute Gasteiger partial charge is 0.257 e. The zero-order valence-electron chi connectivity index (χ0n) is 16.3. The van der Waals surface area contributed by atoms with Crippen LogP contribution in [0.5, 0.6) is 5.75 Å². The predicted molar refractivity (Wildman–Crippen MR) is 110 cm³/mol. The number of sulfone groups is 1. The minimum absolute atomic E-state index is 0.0231. The van der Waals surface area contributed by atoms with Crippen LogP contribution in [0.4, 0.5) is 4.39 Å². The summed E-state index contributed by atoms with van der Waals surface area (Å²) in [6, 6.07) is 15.7. The maximum atomic E-state index is 13.6. The third kappa shape index (κ3) is 5.21. The molecule has 0 aliphatic heterocycles. The zero-order chi connectivity index (χ0) is 21.6. The Kier molecular flexibility index (Phi) is 6.79. The lowest BCUT2D eigenvalue weighted by molar-refractivity contribution is -0.123. The van der Waals surface area contributed by atoms with Crippen molar-refractivity contribution in [3.63, 3.8) is 0 Å². The molecule has 0 radical (unpaired) electrons. The van der Waals surface area contributed by atoms with Crippen molar-refractivity contribution in [1.82, 2.24) is 10.3 Å². The number of pyridine rings is 1. The number of carbonyl (C=O) groups is 1. The van der Waals surface area contributed by atoms with Crippen molar-refractivity contribution in [3.8, 4) is 5.75 Å². The number of amides is 1. The van der Waals surface area contributed by atoms with Gasteiger partial charge in [0, 0.05) is 18.9 Å². The van der Waals surface area contributed by atoms with Crippen molar-refractivity contribution >= 4 is 15.7 Å². The van der Waals surface area contributed by atoms with Crippen LogP contribution in [-0.4, -0.2) is 32.5 Å². The predicted octanol–water partition coefficient (Wildman–Crippen LogP) is 3.24. The molecule has 156 valence electrons. The second-order valence-electron chi connectivity index (χ2n) is 6.64. The number of aromatic nitrogens is 1. The molecule has 1 heterocycles. The molecule has 0 spiro atoms. The van der Waals surface area contributed by atoms with Gasteiger partial charge in [-0.25, -0.2) is 12.8 Å². The number of para-hydroxylation sites is 1. The average Bonchev–Trinajstić information content (AvgIpc) is 2.75. The van der Waals surface area contributed by atoms with Gasteiger partial charge in [-0.2, -0.15) is 0 Å². The third-order valence-electron chi connectivity index (χ3n) is 4.49. The number of hydrogen-bond donors (Lipinski definition) is 1. The standard InChI is InChI=1S/C22H21FN2O4S/c1-16-12-19(9-10-20(16)23)30(27,28)21(17-6-5-11-24-13-17)14-25-22(26)15-29-18-7-3-2-4-8-18/h2-13,21H,14-15H2,1H3,(H,25,26). The number of rotatable bonds is 8. The number of carbonyl (C=O) groups excluding carboxylic acids is 1. The largest absolute Gasteiger partial charge is 0.484 e. The van der Waals surface area contributed by atoms with E-state index >= 15 is 0 Å². The van der Waals surface area contributed by atoms with Crippen LogP contribution in [-0.2, 0) is 14.6 Å². The first-order chi connectivity index (χ1) is 14.4. The number of benzene rings is 2. The molecule has 1 N–H and O–H groups in total. The summed E-state index contributed by atoms with van der Waals surface area (Å²) in [5.74, 6) is -0.415. The Bertz CT molecular complexity index is 1110. The van der Waals surface area contributed by atoms with E-state index in [2.05, 4.69) is 10.3 Å². The molecule has 1 amide bonds. The molecule has 8 heteroatoms. The van der Waals surface area contributed by atoms with Crippen molar-refractivity contribution in [2.75, 3.05) is 13.2 Å². The Balaban J connectivity index is 1.77. The van der Waals surface area contributed by atoms with Crippen LogP contribution in [0.2, 0.25) is 0 Å². The van der Waals surface area contributed by atoms with Crippen molar-refractivity contribution in [1.29, 1.82) is 0 Å². The van der Waals surface area contributed by atoms with Gasteiger partial charge >= 0.3 is 0 Å². The lowest BCUT2D eigenvalue weighted by Crippen LogP contribution is -2.35. The van der Waals surface area contributed by atoms with Gasteiger partial charge in [-0.3, -0.25) is 9.78 Å². The maximum absolute atomic E-state index is 13.6. The number of nitrogens with one attached hydrogen (secondary N) is 1. The van der Waals surface area contributed by atoms with Crippen LogP contribution in [0.25, 0.3) is 0 Å². The summed E-state index contributed by atoms with van der Waals surface area (Å²) < 4.78 is 45.5. The molecule has 0 bridgehead atoms. The highest BCUT2D eigenvalue weighted by atomic mass is 32.2. The van der Waals surface area contributed by atoms with Crippen molar-refractivity contribution in [3.05, 3.63) is 90.0 Å². The zero-order valence-corrected chi connectivity index (χ0v) is 17.1. The van der Waals surface area contributed by atoms with Gasteiger partial charge in [-0.05, 0) is 54.4 Å². The number of aryl methyl sites for hydroxylation is 1. The van der Waals surface area contributed by atoms with Gasteiger partial charge in [0.05, 0.1) is 4.90 Å². The minimum Gasteiger partial charge on any atom is -0.484 e. The van der Waals surface area contributed by atoms with E-state index in [1.807, 2.05) is 6.07 Å². The van der Waals surface area contributed by atoms with Crippen LogP contribution in [0, 0.1) is 12.7 Å². The monoisotopic (exact) mass is 428 g/mol. The Hall–Kier alpha value is -3.26. The van der Waals surface area contributed by atoms with E-state index in [0.29, 0.717) is 11.3 Å². The van der Waals surface area contributed by atoms with E-state index in [9.17, 15) is 17.6 Å². The molecule has 2 aromatic carbocycles. The lowest BCUT2D eigenvalue weighted by atomic mass is 10.2. The van der Waals surface area contributed by atoms with E-state index < -0.39 is 26.8 Å². The molecule has 3 aromatic rings. The molecule has 0 saturated heterocycles. The van der Waals surface area contributed by atoms with Gasteiger partial charge in [0.25, 0.3) is 5.91 Å². The molecule has 0 aliphatic rings. The highest BCUT2D eigenvalue weighted by Gasteiger charge is 2.30. The Morgan fingerprint density at radius 2 is 1.90 bits per heavy atom. The molecular weight excluding hydrogens is 407 g/mol. The number of ether oxygens (including phenoxy) is 1.